The van der Waals surface area contributed by atoms with Gasteiger partial charge in [0.25, 0.3) is 5.91 Å². The average Bonchev–Trinajstić information content (AvgIpc) is 2.82. The normalized spacial score (nSPS) is 14.5. The fourth-order valence-corrected chi connectivity index (χ4v) is 2.42. The monoisotopic (exact) mass is 316 g/mol. The van der Waals surface area contributed by atoms with Crippen molar-refractivity contribution in [2.45, 2.75) is 0 Å². The van der Waals surface area contributed by atoms with Gasteiger partial charge in [-0.3, -0.25) is 9.69 Å². The number of nitrogens with zero attached hydrogens (tertiary/aromatic N) is 2. The van der Waals surface area contributed by atoms with Gasteiger partial charge in [-0.1, -0.05) is 6.07 Å². The zero-order valence-corrected chi connectivity index (χ0v) is 12.2. The fraction of sp³-hybridized carbons (Fsp3) is 0.125. The van der Waals surface area contributed by atoms with Crippen LogP contribution < -0.4 is 14.5 Å². The number of amides is 3. The molecule has 2 aromatic carbocycles. The summed E-state index contributed by atoms with van der Waals surface area (Å²) < 4.78 is 18.3. The molecule has 0 bridgehead atoms. The number of halogens is 1. The van der Waals surface area contributed by atoms with E-state index in [0.29, 0.717) is 5.69 Å². The lowest BCUT2D eigenvalue weighted by atomic mass is 10.2. The Morgan fingerprint density at radius 2 is 1.91 bits per heavy atom. The van der Waals surface area contributed by atoms with Crippen LogP contribution in [-0.4, -0.2) is 30.7 Å². The van der Waals surface area contributed by atoms with Crippen LogP contribution in [0.4, 0.5) is 20.6 Å². The van der Waals surface area contributed by atoms with E-state index in [1.807, 2.05) is 0 Å². The lowest BCUT2D eigenvalue weighted by Gasteiger charge is -2.18. The van der Waals surface area contributed by atoms with Gasteiger partial charge in [0, 0.05) is 11.8 Å². The predicted octanol–water partition coefficient (Wildman–Crippen LogP) is 2.51. The quantitative estimate of drug-likeness (QED) is 0.883. The number of phenolic OH excluding ortho intramolecular Hbond substituents is 1. The van der Waals surface area contributed by atoms with Crippen LogP contribution in [0.25, 0.3) is 0 Å². The van der Waals surface area contributed by atoms with Crippen LogP contribution in [0.5, 0.6) is 11.5 Å². The molecule has 0 unspecified atom stereocenters. The molecule has 118 valence electrons. The van der Waals surface area contributed by atoms with Crippen LogP contribution >= 0.6 is 0 Å². The van der Waals surface area contributed by atoms with Gasteiger partial charge in [-0.25, -0.2) is 14.1 Å². The Labute approximate surface area is 131 Å². The van der Waals surface area contributed by atoms with Gasteiger partial charge < -0.3 is 9.84 Å². The molecule has 0 atom stereocenters. The summed E-state index contributed by atoms with van der Waals surface area (Å²) >= 11 is 0. The maximum Gasteiger partial charge on any atom is 0.336 e. The minimum atomic E-state index is -0.606. The summed E-state index contributed by atoms with van der Waals surface area (Å²) in [6, 6.07) is 9.02. The zero-order chi connectivity index (χ0) is 16.6. The Hall–Kier alpha value is -3.09. The Kier molecular flexibility index (Phi) is 3.61. The highest BCUT2D eigenvalue weighted by atomic mass is 19.1. The van der Waals surface area contributed by atoms with Crippen molar-refractivity contribution in [3.63, 3.8) is 0 Å². The number of benzene rings is 2. The zero-order valence-electron chi connectivity index (χ0n) is 12.2. The minimum Gasteiger partial charge on any atom is -0.504 e. The molecule has 1 aliphatic rings. The number of hydrogen-bond acceptors (Lipinski definition) is 4. The summed E-state index contributed by atoms with van der Waals surface area (Å²) in [6.07, 6.45) is 0. The Balaban J connectivity index is 1.94. The lowest BCUT2D eigenvalue weighted by molar-refractivity contribution is -0.115. The van der Waals surface area contributed by atoms with Gasteiger partial charge in [-0.05, 0) is 30.3 Å². The molecule has 7 heteroatoms. The first-order valence-electron chi connectivity index (χ1n) is 6.78. The van der Waals surface area contributed by atoms with Crippen molar-refractivity contribution in [2.24, 2.45) is 0 Å². The van der Waals surface area contributed by atoms with E-state index < -0.39 is 17.8 Å². The number of rotatable bonds is 3. The highest BCUT2D eigenvalue weighted by molar-refractivity contribution is 6.26. The van der Waals surface area contributed by atoms with E-state index in [2.05, 4.69) is 0 Å². The molecule has 0 aliphatic carbocycles. The van der Waals surface area contributed by atoms with Gasteiger partial charge >= 0.3 is 6.03 Å². The standard InChI is InChI=1S/C16H13FN2O4/c1-23-14-6-5-11(8-13(14)20)18-9-15(21)19(16(18)22)12-4-2-3-10(17)7-12/h2-8,20H,9H2,1H3. The second kappa shape index (κ2) is 5.60. The molecule has 6 nitrogen and oxygen atoms in total. The number of imide groups is 1. The first-order valence-corrected chi connectivity index (χ1v) is 6.78. The maximum atomic E-state index is 13.3. The molecule has 0 saturated carbocycles. The van der Waals surface area contributed by atoms with Gasteiger partial charge in [0.1, 0.15) is 12.4 Å². The van der Waals surface area contributed by atoms with E-state index in [1.54, 1.807) is 6.07 Å². The predicted molar refractivity (Wildman–Crippen MR) is 81.3 cm³/mol. The molecule has 0 spiro atoms. The van der Waals surface area contributed by atoms with Crippen molar-refractivity contribution < 1.29 is 23.8 Å². The molecule has 1 saturated heterocycles. The summed E-state index contributed by atoms with van der Waals surface area (Å²) in [4.78, 5) is 26.7. The van der Waals surface area contributed by atoms with E-state index in [9.17, 15) is 19.1 Å². The molecular formula is C16H13FN2O4. The molecule has 0 aromatic heterocycles. The summed E-state index contributed by atoms with van der Waals surface area (Å²) in [5.41, 5.74) is 0.515. The van der Waals surface area contributed by atoms with Crippen LogP contribution in [0.15, 0.2) is 42.5 Å². The molecule has 23 heavy (non-hydrogen) atoms. The second-order valence-electron chi connectivity index (χ2n) is 4.93. The number of ether oxygens (including phenoxy) is 1. The minimum absolute atomic E-state index is 0.144. The average molecular weight is 316 g/mol. The van der Waals surface area contributed by atoms with E-state index in [1.165, 1.54) is 42.3 Å². The highest BCUT2D eigenvalue weighted by Gasteiger charge is 2.38. The fourth-order valence-electron chi connectivity index (χ4n) is 2.42. The largest absolute Gasteiger partial charge is 0.504 e. The lowest BCUT2D eigenvalue weighted by Crippen LogP contribution is -2.33. The molecule has 3 amide bonds. The number of carbonyl (C=O) groups excluding carboxylic acids is 2. The van der Waals surface area contributed by atoms with E-state index in [4.69, 9.17) is 4.74 Å². The van der Waals surface area contributed by atoms with Crippen LogP contribution in [0.2, 0.25) is 0 Å². The number of urea groups is 1. The third kappa shape index (κ3) is 2.57. The summed E-state index contributed by atoms with van der Waals surface area (Å²) in [5, 5.41) is 9.81. The van der Waals surface area contributed by atoms with Crippen molar-refractivity contribution in [3.05, 3.63) is 48.3 Å². The Morgan fingerprint density at radius 3 is 2.57 bits per heavy atom. The number of anilines is 2. The first-order chi connectivity index (χ1) is 11.0. The first kappa shape index (κ1) is 14.8. The van der Waals surface area contributed by atoms with Gasteiger partial charge in [0.2, 0.25) is 0 Å². The van der Waals surface area contributed by atoms with Crippen LogP contribution in [0.3, 0.4) is 0 Å². The van der Waals surface area contributed by atoms with E-state index in [0.717, 1.165) is 11.0 Å². The SMILES string of the molecule is COc1ccc(N2CC(=O)N(c3cccc(F)c3)C2=O)cc1O. The molecule has 0 radical (unpaired) electrons. The van der Waals surface area contributed by atoms with Crippen molar-refractivity contribution in [1.82, 2.24) is 0 Å². The molecule has 2 aromatic rings. The van der Waals surface area contributed by atoms with Gasteiger partial charge in [-0.15, -0.1) is 0 Å². The number of hydrogen-bond donors (Lipinski definition) is 1. The third-order valence-corrected chi connectivity index (χ3v) is 3.51. The second-order valence-corrected chi connectivity index (χ2v) is 4.93. The van der Waals surface area contributed by atoms with Gasteiger partial charge in [0.05, 0.1) is 12.8 Å². The van der Waals surface area contributed by atoms with Crippen molar-refractivity contribution in [1.29, 1.82) is 0 Å². The number of phenols is 1. The Morgan fingerprint density at radius 1 is 1.13 bits per heavy atom. The van der Waals surface area contributed by atoms with E-state index in [-0.39, 0.29) is 23.7 Å². The van der Waals surface area contributed by atoms with Crippen molar-refractivity contribution in [3.8, 4) is 11.5 Å². The summed E-state index contributed by atoms with van der Waals surface area (Å²) in [6.45, 7) is -0.193. The van der Waals surface area contributed by atoms with Gasteiger partial charge in [0.15, 0.2) is 11.5 Å². The maximum absolute atomic E-state index is 13.3. The van der Waals surface area contributed by atoms with Crippen LogP contribution in [0.1, 0.15) is 0 Å². The van der Waals surface area contributed by atoms with Crippen LogP contribution in [-0.2, 0) is 4.79 Å². The molecule has 1 aliphatic heterocycles. The van der Waals surface area contributed by atoms with Crippen molar-refractivity contribution in [2.75, 3.05) is 23.5 Å². The van der Waals surface area contributed by atoms with Crippen molar-refractivity contribution >= 4 is 23.3 Å². The number of carbonyl (C=O) groups is 2. The van der Waals surface area contributed by atoms with E-state index >= 15 is 0 Å². The smallest absolute Gasteiger partial charge is 0.336 e. The number of methoxy groups -OCH3 is 1. The van der Waals surface area contributed by atoms with Gasteiger partial charge in [-0.2, -0.15) is 0 Å². The molecule has 1 N–H and O–H groups in total. The molecule has 3 rings (SSSR count). The Bertz CT molecular complexity index is 793. The third-order valence-electron chi connectivity index (χ3n) is 3.51. The molecule has 1 fully saturated rings. The topological polar surface area (TPSA) is 70.1 Å². The van der Waals surface area contributed by atoms with Crippen LogP contribution in [0, 0.1) is 5.82 Å². The number of aromatic hydroxyl groups is 1. The molecular weight excluding hydrogens is 303 g/mol. The molecule has 1 heterocycles. The summed E-state index contributed by atoms with van der Waals surface area (Å²) in [7, 11) is 1.41. The summed E-state index contributed by atoms with van der Waals surface area (Å²) in [5.74, 6) is -0.900. The highest BCUT2D eigenvalue weighted by Crippen LogP contribution is 2.33.